The maximum atomic E-state index is 9.99. The van der Waals surface area contributed by atoms with E-state index in [2.05, 4.69) is 24.6 Å². The van der Waals surface area contributed by atoms with Crippen LogP contribution in [0.1, 0.15) is 13.3 Å². The summed E-state index contributed by atoms with van der Waals surface area (Å²) in [7, 11) is -2.05. The van der Waals surface area contributed by atoms with Crippen molar-refractivity contribution in [2.45, 2.75) is 38.7 Å². The zero-order valence-corrected chi connectivity index (χ0v) is 10.7. The lowest BCUT2D eigenvalue weighted by molar-refractivity contribution is 0.551. The normalized spacial score (nSPS) is 14.7. The minimum Gasteiger partial charge on any atom is -0.459 e. The highest BCUT2D eigenvalue weighted by molar-refractivity contribution is 6.74. The van der Waals surface area contributed by atoms with Gasteiger partial charge in [0, 0.05) is 0 Å². The minimum atomic E-state index is -1.39. The molecule has 0 N–H and O–H groups in total. The standard InChI is InChI=1S/C7H17NO2Si2/c1-5-7(8-6-9)11-10-12(2,3)4/h7H,5,11H2,1-4H3. The van der Waals surface area contributed by atoms with Crippen molar-refractivity contribution in [3.05, 3.63) is 0 Å². The van der Waals surface area contributed by atoms with E-state index in [4.69, 9.17) is 4.12 Å². The van der Waals surface area contributed by atoms with Crippen molar-refractivity contribution >= 4 is 24.2 Å². The molecule has 0 heterocycles. The molecule has 0 spiro atoms. The van der Waals surface area contributed by atoms with Crippen LogP contribution in [0.2, 0.25) is 19.6 Å². The maximum Gasteiger partial charge on any atom is 0.234 e. The average molecular weight is 203 g/mol. The van der Waals surface area contributed by atoms with Gasteiger partial charge in [-0.3, -0.25) is 0 Å². The van der Waals surface area contributed by atoms with E-state index in [1.54, 1.807) is 6.08 Å². The monoisotopic (exact) mass is 203 g/mol. The van der Waals surface area contributed by atoms with E-state index in [9.17, 15) is 4.79 Å². The SMILES string of the molecule is CCC(N=C=O)[SiH2]O[Si](C)(C)C. The van der Waals surface area contributed by atoms with E-state index in [-0.39, 0.29) is 5.67 Å². The van der Waals surface area contributed by atoms with Crippen molar-refractivity contribution < 1.29 is 8.91 Å². The molecule has 0 saturated heterocycles. The first-order valence-corrected chi connectivity index (χ1v) is 9.00. The molecule has 5 heteroatoms. The lowest BCUT2D eigenvalue weighted by Gasteiger charge is -2.19. The van der Waals surface area contributed by atoms with Gasteiger partial charge in [-0.05, 0) is 26.1 Å². The van der Waals surface area contributed by atoms with E-state index >= 15 is 0 Å². The Bertz CT molecular complexity index is 173. The predicted molar refractivity (Wildman–Crippen MR) is 55.2 cm³/mol. The molecule has 12 heavy (non-hydrogen) atoms. The summed E-state index contributed by atoms with van der Waals surface area (Å²) >= 11 is 0. The fraction of sp³-hybridized carbons (Fsp3) is 0.857. The molecule has 70 valence electrons. The first-order chi connectivity index (χ1) is 5.49. The summed E-state index contributed by atoms with van der Waals surface area (Å²) in [6.07, 6.45) is 2.49. The van der Waals surface area contributed by atoms with Gasteiger partial charge in [-0.15, -0.1) is 0 Å². The first-order valence-electron chi connectivity index (χ1n) is 4.20. The molecule has 0 aromatic heterocycles. The van der Waals surface area contributed by atoms with Gasteiger partial charge in [-0.2, -0.15) is 0 Å². The molecule has 0 fully saturated rings. The summed E-state index contributed by atoms with van der Waals surface area (Å²) in [4.78, 5) is 13.7. The molecule has 0 aliphatic heterocycles. The number of hydrogen-bond acceptors (Lipinski definition) is 3. The molecule has 0 amide bonds. The topological polar surface area (TPSA) is 38.7 Å². The molecular formula is C7H17NO2Si2. The van der Waals surface area contributed by atoms with E-state index < -0.39 is 18.1 Å². The summed E-state index contributed by atoms with van der Waals surface area (Å²) < 4.78 is 5.74. The summed E-state index contributed by atoms with van der Waals surface area (Å²) in [6, 6.07) is 0. The van der Waals surface area contributed by atoms with Crippen molar-refractivity contribution in [1.29, 1.82) is 0 Å². The highest BCUT2D eigenvalue weighted by Crippen LogP contribution is 2.04. The van der Waals surface area contributed by atoms with Gasteiger partial charge in [0.25, 0.3) is 0 Å². The highest BCUT2D eigenvalue weighted by Gasteiger charge is 2.16. The summed E-state index contributed by atoms with van der Waals surface area (Å²) in [5.74, 6) is 0. The second kappa shape index (κ2) is 5.42. The molecule has 0 aliphatic carbocycles. The Balaban J connectivity index is 3.80. The van der Waals surface area contributed by atoms with Gasteiger partial charge >= 0.3 is 0 Å². The van der Waals surface area contributed by atoms with E-state index in [0.717, 1.165) is 6.42 Å². The van der Waals surface area contributed by atoms with Crippen LogP contribution in [0.5, 0.6) is 0 Å². The molecule has 0 rings (SSSR count). The Kier molecular flexibility index (Phi) is 5.32. The Morgan fingerprint density at radius 3 is 2.50 bits per heavy atom. The molecule has 0 aromatic rings. The maximum absolute atomic E-state index is 9.99. The minimum absolute atomic E-state index is 0.134. The third kappa shape index (κ3) is 6.48. The third-order valence-corrected chi connectivity index (χ3v) is 6.69. The van der Waals surface area contributed by atoms with Crippen molar-refractivity contribution in [1.82, 2.24) is 0 Å². The Labute approximate surface area is 77.3 Å². The number of aliphatic imine (C=N–C) groups is 1. The lowest BCUT2D eigenvalue weighted by atomic mass is 10.5. The largest absolute Gasteiger partial charge is 0.459 e. The van der Waals surface area contributed by atoms with Crippen molar-refractivity contribution in [2.75, 3.05) is 0 Å². The van der Waals surface area contributed by atoms with Gasteiger partial charge < -0.3 is 4.12 Å². The van der Waals surface area contributed by atoms with Crippen LogP contribution in [-0.4, -0.2) is 29.8 Å². The summed E-state index contributed by atoms with van der Waals surface area (Å²) in [5.41, 5.74) is 0.134. The van der Waals surface area contributed by atoms with E-state index in [1.165, 1.54) is 0 Å². The average Bonchev–Trinajstić information content (AvgIpc) is 1.96. The molecule has 1 atom stereocenters. The quantitative estimate of drug-likeness (QED) is 0.380. The Hall–Kier alpha value is -0.226. The van der Waals surface area contributed by atoms with Crippen LogP contribution < -0.4 is 0 Å². The highest BCUT2D eigenvalue weighted by atomic mass is 28.4. The van der Waals surface area contributed by atoms with Crippen LogP contribution in [0.15, 0.2) is 4.99 Å². The van der Waals surface area contributed by atoms with Crippen LogP contribution >= 0.6 is 0 Å². The second-order valence-electron chi connectivity index (χ2n) is 3.71. The van der Waals surface area contributed by atoms with E-state index in [1.807, 2.05) is 6.92 Å². The smallest absolute Gasteiger partial charge is 0.234 e. The van der Waals surface area contributed by atoms with Gasteiger partial charge in [0.15, 0.2) is 18.1 Å². The number of carbonyl (C=O) groups excluding carboxylic acids is 1. The molecule has 0 saturated carbocycles. The molecule has 0 bridgehead atoms. The zero-order chi connectivity index (χ0) is 9.61. The zero-order valence-electron chi connectivity index (χ0n) is 8.26. The summed E-state index contributed by atoms with van der Waals surface area (Å²) in [6.45, 7) is 8.47. The van der Waals surface area contributed by atoms with Gasteiger partial charge in [0.1, 0.15) is 0 Å². The van der Waals surface area contributed by atoms with Crippen molar-refractivity contribution in [3.8, 4) is 0 Å². The number of isocyanates is 1. The predicted octanol–water partition coefficient (Wildman–Crippen LogP) is 0.994. The van der Waals surface area contributed by atoms with Crippen LogP contribution in [-0.2, 0) is 8.91 Å². The Morgan fingerprint density at radius 2 is 2.17 bits per heavy atom. The number of rotatable bonds is 5. The van der Waals surface area contributed by atoms with Gasteiger partial charge in [0.05, 0.1) is 5.67 Å². The number of hydrogen-bond donors (Lipinski definition) is 0. The molecule has 0 aliphatic rings. The molecule has 0 radical (unpaired) electrons. The van der Waals surface area contributed by atoms with E-state index in [0.29, 0.717) is 0 Å². The van der Waals surface area contributed by atoms with Crippen molar-refractivity contribution in [2.24, 2.45) is 4.99 Å². The second-order valence-corrected chi connectivity index (χ2v) is 10.4. The molecule has 3 nitrogen and oxygen atoms in total. The Morgan fingerprint density at radius 1 is 1.58 bits per heavy atom. The van der Waals surface area contributed by atoms with Gasteiger partial charge in [-0.25, -0.2) is 9.79 Å². The fourth-order valence-corrected chi connectivity index (χ4v) is 3.82. The van der Waals surface area contributed by atoms with Gasteiger partial charge in [-0.1, -0.05) is 6.92 Å². The van der Waals surface area contributed by atoms with Crippen LogP contribution in [0.25, 0.3) is 0 Å². The van der Waals surface area contributed by atoms with Crippen LogP contribution in [0, 0.1) is 0 Å². The van der Waals surface area contributed by atoms with Crippen LogP contribution in [0.3, 0.4) is 0 Å². The summed E-state index contributed by atoms with van der Waals surface area (Å²) in [5, 5.41) is 0. The first kappa shape index (κ1) is 11.8. The molecular weight excluding hydrogens is 186 g/mol. The molecule has 0 aromatic carbocycles. The fourth-order valence-electron chi connectivity index (χ4n) is 0.667. The lowest BCUT2D eigenvalue weighted by Crippen LogP contribution is -2.32. The number of nitrogens with zero attached hydrogens (tertiary/aromatic N) is 1. The van der Waals surface area contributed by atoms with Crippen LogP contribution in [0.4, 0.5) is 0 Å². The van der Waals surface area contributed by atoms with Crippen molar-refractivity contribution in [3.63, 3.8) is 0 Å². The molecule has 1 unspecified atom stereocenters. The van der Waals surface area contributed by atoms with Gasteiger partial charge in [0.2, 0.25) is 6.08 Å². The third-order valence-electron chi connectivity index (χ3n) is 1.42.